The Bertz CT molecular complexity index is 738. The SMILES string of the molecule is Cc1cc(-n2c(C)cc(-c3csc(N)n3)c2C)no1. The molecule has 0 aliphatic heterocycles. The third-order valence-corrected chi connectivity index (χ3v) is 3.75. The summed E-state index contributed by atoms with van der Waals surface area (Å²) in [5.74, 6) is 1.59. The zero-order chi connectivity index (χ0) is 13.6. The van der Waals surface area contributed by atoms with E-state index in [1.807, 2.05) is 32.2 Å². The molecule has 0 unspecified atom stereocenters. The third kappa shape index (κ3) is 1.94. The fraction of sp³-hybridized carbons (Fsp3) is 0.231. The van der Waals surface area contributed by atoms with Crippen molar-refractivity contribution >= 4 is 16.5 Å². The van der Waals surface area contributed by atoms with Crippen molar-refractivity contribution in [1.29, 1.82) is 0 Å². The number of hydrogen-bond acceptors (Lipinski definition) is 5. The summed E-state index contributed by atoms with van der Waals surface area (Å²) < 4.78 is 7.20. The first kappa shape index (κ1) is 12.0. The number of thiazole rings is 1. The van der Waals surface area contributed by atoms with Crippen LogP contribution < -0.4 is 5.73 Å². The third-order valence-electron chi connectivity index (χ3n) is 3.07. The molecule has 5 nitrogen and oxygen atoms in total. The zero-order valence-electron chi connectivity index (χ0n) is 11.0. The van der Waals surface area contributed by atoms with Gasteiger partial charge in [-0.15, -0.1) is 11.3 Å². The highest BCUT2D eigenvalue weighted by atomic mass is 32.1. The molecule has 6 heteroatoms. The molecular formula is C13H14N4OS. The van der Waals surface area contributed by atoms with E-state index in [0.29, 0.717) is 5.13 Å². The van der Waals surface area contributed by atoms with Gasteiger partial charge < -0.3 is 10.3 Å². The van der Waals surface area contributed by atoms with Gasteiger partial charge in [-0.2, -0.15) is 0 Å². The van der Waals surface area contributed by atoms with Crippen molar-refractivity contribution in [1.82, 2.24) is 14.7 Å². The highest BCUT2D eigenvalue weighted by Gasteiger charge is 2.16. The van der Waals surface area contributed by atoms with E-state index in [1.165, 1.54) is 11.3 Å². The Kier molecular flexibility index (Phi) is 2.67. The van der Waals surface area contributed by atoms with Crippen LogP contribution >= 0.6 is 11.3 Å². The summed E-state index contributed by atoms with van der Waals surface area (Å²) in [6.07, 6.45) is 0. The molecule has 0 bridgehead atoms. The van der Waals surface area contributed by atoms with Gasteiger partial charge in [-0.3, -0.25) is 4.57 Å². The van der Waals surface area contributed by atoms with Gasteiger partial charge in [0.25, 0.3) is 0 Å². The van der Waals surface area contributed by atoms with E-state index in [9.17, 15) is 0 Å². The molecule has 98 valence electrons. The second kappa shape index (κ2) is 4.24. The minimum absolute atomic E-state index is 0.581. The van der Waals surface area contributed by atoms with Crippen LogP contribution in [0.2, 0.25) is 0 Å². The topological polar surface area (TPSA) is 69.9 Å². The number of aromatic nitrogens is 3. The molecule has 0 atom stereocenters. The van der Waals surface area contributed by atoms with E-state index in [1.54, 1.807) is 0 Å². The Morgan fingerprint density at radius 2 is 2.05 bits per heavy atom. The van der Waals surface area contributed by atoms with Gasteiger partial charge in [-0.25, -0.2) is 4.98 Å². The smallest absolute Gasteiger partial charge is 0.180 e. The fourth-order valence-electron chi connectivity index (χ4n) is 2.24. The molecule has 3 heterocycles. The number of hydrogen-bond donors (Lipinski definition) is 1. The van der Waals surface area contributed by atoms with Crippen LogP contribution in [0.4, 0.5) is 5.13 Å². The predicted octanol–water partition coefficient (Wildman–Crippen LogP) is 3.10. The summed E-state index contributed by atoms with van der Waals surface area (Å²) in [5.41, 5.74) is 9.85. The van der Waals surface area contributed by atoms with E-state index in [0.717, 1.165) is 34.2 Å². The molecule has 0 saturated heterocycles. The van der Waals surface area contributed by atoms with Crippen molar-refractivity contribution < 1.29 is 4.52 Å². The molecule has 0 spiro atoms. The van der Waals surface area contributed by atoms with Gasteiger partial charge in [-0.05, 0) is 26.8 Å². The number of nitrogens with two attached hydrogens (primary N) is 1. The molecule has 0 saturated carbocycles. The largest absolute Gasteiger partial charge is 0.375 e. The van der Waals surface area contributed by atoms with Gasteiger partial charge in [0, 0.05) is 28.4 Å². The molecule has 0 fully saturated rings. The Labute approximate surface area is 114 Å². The maximum atomic E-state index is 5.70. The zero-order valence-corrected chi connectivity index (χ0v) is 11.8. The van der Waals surface area contributed by atoms with Crippen molar-refractivity contribution in [2.45, 2.75) is 20.8 Å². The molecule has 0 aliphatic carbocycles. The van der Waals surface area contributed by atoms with E-state index >= 15 is 0 Å². The van der Waals surface area contributed by atoms with Crippen LogP contribution in [0.15, 0.2) is 22.0 Å². The summed E-state index contributed by atoms with van der Waals surface area (Å²) in [7, 11) is 0. The van der Waals surface area contributed by atoms with Crippen LogP contribution in [-0.2, 0) is 0 Å². The van der Waals surface area contributed by atoms with Crippen LogP contribution in [0.5, 0.6) is 0 Å². The summed E-state index contributed by atoms with van der Waals surface area (Å²) in [6.45, 7) is 5.96. The van der Waals surface area contributed by atoms with E-state index < -0.39 is 0 Å². The lowest BCUT2D eigenvalue weighted by atomic mass is 10.2. The normalized spacial score (nSPS) is 11.1. The molecule has 0 amide bonds. The Morgan fingerprint density at radius 1 is 1.26 bits per heavy atom. The van der Waals surface area contributed by atoms with Crippen molar-refractivity contribution in [2.24, 2.45) is 0 Å². The first-order valence-corrected chi connectivity index (χ1v) is 6.78. The standard InChI is InChI=1S/C13H14N4OS/c1-7-4-10(11-6-19-13(14)15-11)9(3)17(7)12-5-8(2)18-16-12/h4-6H,1-3H3,(H2,14,15). The quantitative estimate of drug-likeness (QED) is 0.779. The first-order chi connectivity index (χ1) is 9.06. The van der Waals surface area contributed by atoms with E-state index in [4.69, 9.17) is 10.3 Å². The van der Waals surface area contributed by atoms with Crippen molar-refractivity contribution in [3.8, 4) is 17.1 Å². The van der Waals surface area contributed by atoms with Crippen LogP contribution in [0.1, 0.15) is 17.1 Å². The average molecular weight is 274 g/mol. The maximum Gasteiger partial charge on any atom is 0.180 e. The molecule has 0 aliphatic rings. The minimum atomic E-state index is 0.581. The Hall–Kier alpha value is -2.08. The number of anilines is 1. The fourth-order valence-corrected chi connectivity index (χ4v) is 2.81. The van der Waals surface area contributed by atoms with Crippen LogP contribution in [0, 0.1) is 20.8 Å². The van der Waals surface area contributed by atoms with E-state index in [2.05, 4.69) is 20.8 Å². The lowest BCUT2D eigenvalue weighted by Gasteiger charge is -2.04. The second-order valence-corrected chi connectivity index (χ2v) is 5.38. The van der Waals surface area contributed by atoms with Crippen molar-refractivity contribution in [3.05, 3.63) is 34.7 Å². The van der Waals surface area contributed by atoms with Gasteiger partial charge >= 0.3 is 0 Å². The Balaban J connectivity index is 2.15. The lowest BCUT2D eigenvalue weighted by Crippen LogP contribution is -1.99. The maximum absolute atomic E-state index is 5.70. The highest BCUT2D eigenvalue weighted by Crippen LogP contribution is 2.30. The molecular weight excluding hydrogens is 260 g/mol. The van der Waals surface area contributed by atoms with Crippen LogP contribution in [0.25, 0.3) is 17.1 Å². The predicted molar refractivity (Wildman–Crippen MR) is 75.6 cm³/mol. The molecule has 0 radical (unpaired) electrons. The first-order valence-electron chi connectivity index (χ1n) is 5.90. The molecule has 3 aromatic rings. The van der Waals surface area contributed by atoms with Crippen molar-refractivity contribution in [3.63, 3.8) is 0 Å². The molecule has 0 aromatic carbocycles. The van der Waals surface area contributed by atoms with Gasteiger partial charge in [0.1, 0.15) is 5.76 Å². The second-order valence-electron chi connectivity index (χ2n) is 4.49. The molecule has 3 aromatic heterocycles. The van der Waals surface area contributed by atoms with Crippen LogP contribution in [0.3, 0.4) is 0 Å². The van der Waals surface area contributed by atoms with Crippen LogP contribution in [-0.4, -0.2) is 14.7 Å². The average Bonchev–Trinajstić information content (AvgIpc) is 3.01. The number of nitrogen functional groups attached to an aromatic ring is 1. The van der Waals surface area contributed by atoms with Crippen molar-refractivity contribution in [2.75, 3.05) is 5.73 Å². The summed E-state index contributed by atoms with van der Waals surface area (Å²) in [4.78, 5) is 4.33. The summed E-state index contributed by atoms with van der Waals surface area (Å²) in [5, 5.41) is 6.61. The van der Waals surface area contributed by atoms with Gasteiger partial charge in [-0.1, -0.05) is 5.16 Å². The van der Waals surface area contributed by atoms with E-state index in [-0.39, 0.29) is 0 Å². The molecule has 19 heavy (non-hydrogen) atoms. The number of rotatable bonds is 2. The summed E-state index contributed by atoms with van der Waals surface area (Å²) >= 11 is 1.45. The van der Waals surface area contributed by atoms with Gasteiger partial charge in [0.05, 0.1) is 5.69 Å². The minimum Gasteiger partial charge on any atom is -0.375 e. The highest BCUT2D eigenvalue weighted by molar-refractivity contribution is 7.13. The van der Waals surface area contributed by atoms with Gasteiger partial charge in [0.15, 0.2) is 10.9 Å². The number of nitrogens with zero attached hydrogens (tertiary/aromatic N) is 3. The monoisotopic (exact) mass is 274 g/mol. The molecule has 2 N–H and O–H groups in total. The lowest BCUT2D eigenvalue weighted by molar-refractivity contribution is 0.394. The van der Waals surface area contributed by atoms with Gasteiger partial charge in [0.2, 0.25) is 0 Å². The number of aryl methyl sites for hydroxylation is 2. The summed E-state index contributed by atoms with van der Waals surface area (Å²) in [6, 6.07) is 4.01. The Morgan fingerprint density at radius 3 is 2.63 bits per heavy atom. The molecule has 3 rings (SSSR count).